The second-order valence-electron chi connectivity index (χ2n) is 5.18. The minimum absolute atomic E-state index is 0.235. The van der Waals surface area contributed by atoms with Crippen molar-refractivity contribution in [2.45, 2.75) is 6.54 Å². The topological polar surface area (TPSA) is 32.5 Å². The Morgan fingerprint density at radius 3 is 2.60 bits per heavy atom. The van der Waals surface area contributed by atoms with Crippen molar-refractivity contribution in [3.05, 3.63) is 53.8 Å². The van der Waals surface area contributed by atoms with Crippen molar-refractivity contribution in [2.24, 2.45) is 0 Å². The molecule has 1 heterocycles. The second-order valence-corrected chi connectivity index (χ2v) is 5.18. The monoisotopic (exact) mass is 271 g/mol. The lowest BCUT2D eigenvalue weighted by Gasteiger charge is -2.37. The van der Waals surface area contributed by atoms with Gasteiger partial charge in [-0.1, -0.05) is 18.2 Å². The Morgan fingerprint density at radius 1 is 1.10 bits per heavy atom. The van der Waals surface area contributed by atoms with Gasteiger partial charge in [-0.15, -0.1) is 0 Å². The first-order valence-electron chi connectivity index (χ1n) is 6.74. The van der Waals surface area contributed by atoms with Crippen molar-refractivity contribution in [3.8, 4) is 0 Å². The van der Waals surface area contributed by atoms with Crippen LogP contribution in [0.5, 0.6) is 0 Å². The standard InChI is InChI=1S/C16H18FN3/c1-19-8-9-20(16-5-3-2-4-15(16)19)11-12-6-7-13(18)10-14(12)17/h2-7,10H,8-9,11,18H2,1H3. The third kappa shape index (κ3) is 2.29. The number of hydrogen-bond acceptors (Lipinski definition) is 3. The van der Waals surface area contributed by atoms with E-state index in [1.807, 2.05) is 12.1 Å². The molecular weight excluding hydrogens is 253 g/mol. The molecule has 2 aromatic rings. The van der Waals surface area contributed by atoms with Gasteiger partial charge in [-0.3, -0.25) is 0 Å². The van der Waals surface area contributed by atoms with Crippen molar-refractivity contribution in [1.82, 2.24) is 0 Å². The molecule has 0 spiro atoms. The lowest BCUT2D eigenvalue weighted by Crippen LogP contribution is -2.38. The zero-order valence-electron chi connectivity index (χ0n) is 11.5. The summed E-state index contributed by atoms with van der Waals surface area (Å²) in [5.41, 5.74) is 9.08. The maximum absolute atomic E-state index is 13.9. The summed E-state index contributed by atoms with van der Waals surface area (Å²) in [6, 6.07) is 13.1. The number of nitrogen functional groups attached to an aromatic ring is 1. The summed E-state index contributed by atoms with van der Waals surface area (Å²) >= 11 is 0. The van der Waals surface area contributed by atoms with Crippen molar-refractivity contribution < 1.29 is 4.39 Å². The lowest BCUT2D eigenvalue weighted by molar-refractivity contribution is 0.602. The molecule has 0 saturated carbocycles. The van der Waals surface area contributed by atoms with Gasteiger partial charge in [-0.2, -0.15) is 0 Å². The molecule has 1 aliphatic heterocycles. The molecule has 20 heavy (non-hydrogen) atoms. The Labute approximate surface area is 118 Å². The molecule has 2 N–H and O–H groups in total. The van der Waals surface area contributed by atoms with Crippen molar-refractivity contribution in [3.63, 3.8) is 0 Å². The van der Waals surface area contributed by atoms with E-state index in [1.54, 1.807) is 12.1 Å². The van der Waals surface area contributed by atoms with Crippen LogP contribution in [0.2, 0.25) is 0 Å². The summed E-state index contributed by atoms with van der Waals surface area (Å²) in [4.78, 5) is 4.44. The minimum atomic E-state index is -0.235. The molecular formula is C16H18FN3. The normalized spacial score (nSPS) is 14.3. The van der Waals surface area contributed by atoms with Gasteiger partial charge in [0.1, 0.15) is 5.82 Å². The van der Waals surface area contributed by atoms with Crippen LogP contribution < -0.4 is 15.5 Å². The number of halogens is 1. The van der Waals surface area contributed by atoms with Gasteiger partial charge >= 0.3 is 0 Å². The van der Waals surface area contributed by atoms with Crippen LogP contribution in [0, 0.1) is 5.82 Å². The number of fused-ring (bicyclic) bond motifs is 1. The molecule has 1 aliphatic rings. The highest BCUT2D eigenvalue weighted by molar-refractivity contribution is 5.73. The number of nitrogens with two attached hydrogens (primary N) is 1. The zero-order chi connectivity index (χ0) is 14.1. The highest BCUT2D eigenvalue weighted by Crippen LogP contribution is 2.33. The molecule has 0 amide bonds. The van der Waals surface area contributed by atoms with E-state index in [0.717, 1.165) is 18.8 Å². The summed E-state index contributed by atoms with van der Waals surface area (Å²) in [6.07, 6.45) is 0. The molecule has 0 fully saturated rings. The Morgan fingerprint density at radius 2 is 1.85 bits per heavy atom. The Kier molecular flexibility index (Phi) is 3.22. The van der Waals surface area contributed by atoms with Crippen molar-refractivity contribution >= 4 is 17.1 Å². The third-order valence-electron chi connectivity index (χ3n) is 3.78. The first-order valence-corrected chi connectivity index (χ1v) is 6.74. The van der Waals surface area contributed by atoms with Crippen LogP contribution in [0.1, 0.15) is 5.56 Å². The molecule has 0 saturated heterocycles. The van der Waals surface area contributed by atoms with Gasteiger partial charge < -0.3 is 15.5 Å². The quantitative estimate of drug-likeness (QED) is 0.852. The largest absolute Gasteiger partial charge is 0.399 e. The Balaban J connectivity index is 1.90. The molecule has 0 aliphatic carbocycles. The van der Waals surface area contributed by atoms with Crippen molar-refractivity contribution in [2.75, 3.05) is 35.7 Å². The molecule has 0 unspecified atom stereocenters. The van der Waals surface area contributed by atoms with Crippen LogP contribution in [0.4, 0.5) is 21.5 Å². The smallest absolute Gasteiger partial charge is 0.130 e. The average molecular weight is 271 g/mol. The van der Waals surface area contributed by atoms with Gasteiger partial charge in [-0.05, 0) is 24.3 Å². The van der Waals surface area contributed by atoms with E-state index in [-0.39, 0.29) is 5.82 Å². The molecule has 0 radical (unpaired) electrons. The maximum Gasteiger partial charge on any atom is 0.130 e. The van der Waals surface area contributed by atoms with Gasteiger partial charge in [0.15, 0.2) is 0 Å². The van der Waals surface area contributed by atoms with Crippen LogP contribution in [0.15, 0.2) is 42.5 Å². The van der Waals surface area contributed by atoms with Crippen LogP contribution in [0.25, 0.3) is 0 Å². The predicted octanol–water partition coefficient (Wildman–Crippen LogP) is 2.86. The maximum atomic E-state index is 13.9. The number of anilines is 3. The summed E-state index contributed by atoms with van der Waals surface area (Å²) < 4.78 is 13.9. The fourth-order valence-electron chi connectivity index (χ4n) is 2.63. The number of hydrogen-bond donors (Lipinski definition) is 1. The summed E-state index contributed by atoms with van der Waals surface area (Å²) in [5, 5.41) is 0. The second kappa shape index (κ2) is 5.04. The highest BCUT2D eigenvalue weighted by atomic mass is 19.1. The highest BCUT2D eigenvalue weighted by Gasteiger charge is 2.20. The summed E-state index contributed by atoms with van der Waals surface area (Å²) in [6.45, 7) is 2.39. The van der Waals surface area contributed by atoms with Crippen LogP contribution in [-0.2, 0) is 6.54 Å². The van der Waals surface area contributed by atoms with E-state index in [0.29, 0.717) is 17.8 Å². The molecule has 2 aromatic carbocycles. The van der Waals surface area contributed by atoms with E-state index in [4.69, 9.17) is 5.73 Å². The minimum Gasteiger partial charge on any atom is -0.399 e. The Bertz CT molecular complexity index is 627. The molecule has 3 nitrogen and oxygen atoms in total. The molecule has 3 rings (SSSR count). The lowest BCUT2D eigenvalue weighted by atomic mass is 10.1. The van der Waals surface area contributed by atoms with Gasteiger partial charge in [-0.25, -0.2) is 4.39 Å². The number of rotatable bonds is 2. The number of nitrogens with zero attached hydrogens (tertiary/aromatic N) is 2. The van der Waals surface area contributed by atoms with E-state index in [1.165, 1.54) is 11.8 Å². The fourth-order valence-corrected chi connectivity index (χ4v) is 2.63. The third-order valence-corrected chi connectivity index (χ3v) is 3.78. The van der Waals surface area contributed by atoms with Gasteiger partial charge in [0, 0.05) is 37.9 Å². The first-order chi connectivity index (χ1) is 9.65. The zero-order valence-corrected chi connectivity index (χ0v) is 11.5. The molecule has 0 bridgehead atoms. The average Bonchev–Trinajstić information content (AvgIpc) is 2.45. The SMILES string of the molecule is CN1CCN(Cc2ccc(N)cc2F)c2ccccc21. The number of benzene rings is 2. The van der Waals surface area contributed by atoms with E-state index < -0.39 is 0 Å². The summed E-state index contributed by atoms with van der Waals surface area (Å²) in [5.74, 6) is -0.235. The molecule has 0 aromatic heterocycles. The van der Waals surface area contributed by atoms with Crippen molar-refractivity contribution in [1.29, 1.82) is 0 Å². The fraction of sp³-hybridized carbons (Fsp3) is 0.250. The predicted molar refractivity (Wildman–Crippen MR) is 81.6 cm³/mol. The van der Waals surface area contributed by atoms with Crippen LogP contribution >= 0.6 is 0 Å². The summed E-state index contributed by atoms with van der Waals surface area (Å²) in [7, 11) is 2.08. The van der Waals surface area contributed by atoms with E-state index >= 15 is 0 Å². The molecule has 0 atom stereocenters. The Hall–Kier alpha value is -2.23. The molecule has 4 heteroatoms. The van der Waals surface area contributed by atoms with Gasteiger partial charge in [0.05, 0.1) is 11.4 Å². The van der Waals surface area contributed by atoms with E-state index in [2.05, 4.69) is 29.0 Å². The number of para-hydroxylation sites is 2. The molecule has 104 valence electrons. The van der Waals surface area contributed by atoms with Crippen LogP contribution in [-0.4, -0.2) is 20.1 Å². The van der Waals surface area contributed by atoms with Gasteiger partial charge in [0.25, 0.3) is 0 Å². The van der Waals surface area contributed by atoms with E-state index in [9.17, 15) is 4.39 Å². The van der Waals surface area contributed by atoms with Crippen LogP contribution in [0.3, 0.4) is 0 Å². The first kappa shape index (κ1) is 12.8. The van der Waals surface area contributed by atoms with Gasteiger partial charge in [0.2, 0.25) is 0 Å². The number of likely N-dealkylation sites (N-methyl/N-ethyl adjacent to an activating group) is 1.